The zero-order valence-electron chi connectivity index (χ0n) is 39.0. The molecule has 0 radical (unpaired) electrons. The number of aromatic amines is 1. The summed E-state index contributed by atoms with van der Waals surface area (Å²) < 4.78 is 53.9. The summed E-state index contributed by atoms with van der Waals surface area (Å²) in [6.07, 6.45) is 10.1. The van der Waals surface area contributed by atoms with Gasteiger partial charge in [0.1, 0.15) is 11.2 Å². The Bertz CT molecular complexity index is 2560. The first-order valence-electron chi connectivity index (χ1n) is 23.3. The molecule has 2 bridgehead atoms. The van der Waals surface area contributed by atoms with E-state index in [4.69, 9.17) is 23.5 Å². The first-order valence-corrected chi connectivity index (χ1v) is 24.7. The van der Waals surface area contributed by atoms with Crippen LogP contribution in [0.1, 0.15) is 81.2 Å². The van der Waals surface area contributed by atoms with E-state index in [-0.39, 0.29) is 17.9 Å². The number of likely N-dealkylation sites (N-methyl/N-ethyl adjacent to an activating group) is 1. The molecule has 11 atom stereocenters. The van der Waals surface area contributed by atoms with E-state index in [9.17, 15) is 23.1 Å². The van der Waals surface area contributed by atoms with Crippen molar-refractivity contribution < 1.29 is 55.6 Å². The van der Waals surface area contributed by atoms with Crippen LogP contribution in [0.4, 0.5) is 5.69 Å². The molecular formula is C49H64N4O12S. The van der Waals surface area contributed by atoms with Crippen molar-refractivity contribution in [2.75, 3.05) is 73.1 Å². The van der Waals surface area contributed by atoms with Crippen LogP contribution in [0.15, 0.2) is 48.6 Å². The highest BCUT2D eigenvalue weighted by atomic mass is 32.3. The van der Waals surface area contributed by atoms with Gasteiger partial charge in [-0.25, -0.2) is 4.79 Å². The maximum Gasteiger partial charge on any atom is 0.397 e. The van der Waals surface area contributed by atoms with Crippen LogP contribution in [0.3, 0.4) is 0 Å². The maximum absolute atomic E-state index is 15.5. The predicted octanol–water partition coefficient (Wildman–Crippen LogP) is 4.70. The summed E-state index contributed by atoms with van der Waals surface area (Å²) >= 11 is 0. The largest absolute Gasteiger partial charge is 0.496 e. The fraction of sp³-hybridized carbons (Fsp3) is 0.612. The Kier molecular flexibility index (Phi) is 11.9. The van der Waals surface area contributed by atoms with E-state index in [1.165, 1.54) is 40.4 Å². The smallest absolute Gasteiger partial charge is 0.397 e. The second-order valence-electron chi connectivity index (χ2n) is 19.6. The van der Waals surface area contributed by atoms with Crippen molar-refractivity contribution in [1.82, 2.24) is 14.8 Å². The maximum atomic E-state index is 15.5. The second kappa shape index (κ2) is 16.9. The number of carbonyl (C=O) groups is 3. The molecule has 3 aromatic rings. The van der Waals surface area contributed by atoms with Crippen LogP contribution in [0.2, 0.25) is 0 Å². The number of aliphatic hydroxyl groups is 1. The zero-order chi connectivity index (χ0) is 47.1. The molecule has 2 saturated carbocycles. The average Bonchev–Trinajstić information content (AvgIpc) is 3.98. The topological polar surface area (TPSA) is 197 Å². The van der Waals surface area contributed by atoms with Crippen LogP contribution in [-0.2, 0) is 60.4 Å². The van der Waals surface area contributed by atoms with Gasteiger partial charge in [-0.15, -0.1) is 0 Å². The summed E-state index contributed by atoms with van der Waals surface area (Å²) in [6.45, 7) is 7.65. The minimum atomic E-state index is -4.16. The van der Waals surface area contributed by atoms with E-state index >= 15 is 4.79 Å². The molecule has 17 heteroatoms. The number of H-pyrrole nitrogens is 1. The summed E-state index contributed by atoms with van der Waals surface area (Å²) in [5.41, 5.74) is 0.0512. The van der Waals surface area contributed by atoms with Crippen molar-refractivity contribution in [3.63, 3.8) is 0 Å². The van der Waals surface area contributed by atoms with Gasteiger partial charge >= 0.3 is 28.3 Å². The van der Waals surface area contributed by atoms with E-state index in [1.807, 2.05) is 31.0 Å². The molecule has 0 amide bonds. The molecule has 4 fully saturated rings. The van der Waals surface area contributed by atoms with Crippen molar-refractivity contribution >= 4 is 44.9 Å². The number of hydrogen-bond acceptors (Lipinski definition) is 14. The standard InChI is InChI=1S/C48H60N4O8.CH4O4S/c1-7-45-18-12-20-52-22-19-46(40(45)52)34-23-35(38(57-4)24-37(34)50(3)41(46)48(56,44(55)59-6)42(45)60-28(2)53)47(43(54)58-5)25-30-27-51(26-29-13-8-9-14-31(29)30)21-17-33-32-15-10-11-16-36(32)49-39(33)47;1-5-6(2,3)4/h10-12,15-16,18,23-24,29-31,40-42,49,56H,7-9,13-14,17,19-22,25-27H2,1-6H3;1H3,(H,2,3,4)/t29-,30?,31-,40-,41?,42?,45+,46?,47-,48+;/m0./s1. The zero-order valence-corrected chi connectivity index (χ0v) is 39.8. The molecule has 5 aliphatic heterocycles. The van der Waals surface area contributed by atoms with Gasteiger partial charge in [-0.05, 0) is 86.1 Å². The van der Waals surface area contributed by atoms with Gasteiger partial charge in [-0.2, -0.15) is 8.42 Å². The normalized spacial score (nSPS) is 35.3. The third-order valence-electron chi connectivity index (χ3n) is 17.0. The highest BCUT2D eigenvalue weighted by Gasteiger charge is 2.80. The number of piperidine rings is 1. The molecule has 66 heavy (non-hydrogen) atoms. The summed E-state index contributed by atoms with van der Waals surface area (Å²) in [7, 11) is 3.05. The highest BCUT2D eigenvalue weighted by molar-refractivity contribution is 7.80. The Morgan fingerprint density at radius 2 is 1.65 bits per heavy atom. The number of nitrogens with zero attached hydrogens (tertiary/aromatic N) is 3. The number of fused-ring (bicyclic) bond motifs is 8. The molecule has 2 aliphatic carbocycles. The van der Waals surface area contributed by atoms with E-state index < -0.39 is 56.3 Å². The second-order valence-corrected chi connectivity index (χ2v) is 20.8. The number of anilines is 1. The van der Waals surface area contributed by atoms with Crippen molar-refractivity contribution in [1.29, 1.82) is 0 Å². The van der Waals surface area contributed by atoms with Gasteiger partial charge in [0.15, 0.2) is 6.10 Å². The Morgan fingerprint density at radius 3 is 2.33 bits per heavy atom. The molecule has 7 aliphatic rings. The lowest BCUT2D eigenvalue weighted by Gasteiger charge is -2.63. The molecule has 1 spiro atoms. The molecule has 358 valence electrons. The van der Waals surface area contributed by atoms with Gasteiger partial charge in [0.25, 0.3) is 0 Å². The lowest BCUT2D eigenvalue weighted by atomic mass is 9.47. The number of rotatable bonds is 7. The van der Waals surface area contributed by atoms with E-state index in [0.29, 0.717) is 49.9 Å². The lowest BCUT2D eigenvalue weighted by Crippen LogP contribution is -2.81. The van der Waals surface area contributed by atoms with E-state index in [0.717, 1.165) is 78.6 Å². The third-order valence-corrected chi connectivity index (χ3v) is 17.4. The van der Waals surface area contributed by atoms with Crippen LogP contribution in [0, 0.1) is 23.2 Å². The van der Waals surface area contributed by atoms with Crippen molar-refractivity contribution in [2.24, 2.45) is 23.2 Å². The fourth-order valence-corrected chi connectivity index (χ4v) is 14.7. The van der Waals surface area contributed by atoms with Gasteiger partial charge in [-0.1, -0.05) is 50.1 Å². The van der Waals surface area contributed by atoms with Crippen LogP contribution >= 0.6 is 0 Å². The first kappa shape index (κ1) is 46.6. The number of hydrogen-bond donors (Lipinski definition) is 3. The number of benzene rings is 2. The van der Waals surface area contributed by atoms with Crippen LogP contribution in [-0.4, -0.2) is 143 Å². The minimum absolute atomic E-state index is 0.217. The molecular weight excluding hydrogens is 869 g/mol. The number of nitrogens with one attached hydrogen (secondary N) is 1. The average molecular weight is 933 g/mol. The lowest BCUT2D eigenvalue weighted by molar-refractivity contribution is -0.228. The fourth-order valence-electron chi connectivity index (χ4n) is 14.7. The van der Waals surface area contributed by atoms with Crippen molar-refractivity contribution in [3.8, 4) is 5.75 Å². The molecule has 5 unspecified atom stereocenters. The molecule has 6 heterocycles. The summed E-state index contributed by atoms with van der Waals surface area (Å²) in [5, 5.41) is 14.5. The van der Waals surface area contributed by atoms with Gasteiger partial charge in [0.2, 0.25) is 5.60 Å². The van der Waals surface area contributed by atoms with Crippen LogP contribution in [0.25, 0.3) is 10.9 Å². The van der Waals surface area contributed by atoms with Gasteiger partial charge < -0.3 is 38.8 Å². The molecule has 1 aromatic heterocycles. The summed E-state index contributed by atoms with van der Waals surface area (Å²) in [4.78, 5) is 53.9. The van der Waals surface area contributed by atoms with Gasteiger partial charge in [0, 0.05) is 90.9 Å². The van der Waals surface area contributed by atoms with Crippen molar-refractivity contribution in [3.05, 3.63) is 70.9 Å². The van der Waals surface area contributed by atoms with Crippen molar-refractivity contribution in [2.45, 2.75) is 99.8 Å². The monoisotopic (exact) mass is 932 g/mol. The van der Waals surface area contributed by atoms with Crippen LogP contribution in [0.5, 0.6) is 5.75 Å². The molecule has 3 N–H and O–H groups in total. The number of esters is 3. The third kappa shape index (κ3) is 6.68. The van der Waals surface area contributed by atoms with E-state index in [2.05, 4.69) is 55.4 Å². The Labute approximate surface area is 386 Å². The SMILES string of the molecule is CC[C@]12C=CCN3CCC4(c5cc([C@@]6(C(=O)OC)CC7CN(CCc8c6[nH]c6ccccc86)C[C@@H]6CCCC[C@H]76)c(OC)cc5N(C)C4[C@](O)(C(=O)OC)C1OC(C)=O)[C@@H]32.COS(=O)(=O)O. The number of para-hydroxylation sites is 1. The Balaban J connectivity index is 0.000000857. The molecule has 16 nitrogen and oxygen atoms in total. The highest BCUT2D eigenvalue weighted by Crippen LogP contribution is 2.68. The molecule has 2 aromatic carbocycles. The first-order chi connectivity index (χ1) is 31.5. The van der Waals surface area contributed by atoms with Gasteiger partial charge in [0.05, 0.1) is 34.5 Å². The Hall–Kier alpha value is -4.52. The molecule has 2 saturated heterocycles. The Morgan fingerprint density at radius 1 is 0.939 bits per heavy atom. The predicted molar refractivity (Wildman–Crippen MR) is 245 cm³/mol. The number of ether oxygens (including phenoxy) is 4. The minimum Gasteiger partial charge on any atom is -0.496 e. The van der Waals surface area contributed by atoms with E-state index in [1.54, 1.807) is 7.11 Å². The summed E-state index contributed by atoms with van der Waals surface area (Å²) in [6, 6.07) is 11.4. The number of methoxy groups -OCH3 is 3. The van der Waals surface area contributed by atoms with Crippen LogP contribution < -0.4 is 9.64 Å². The summed E-state index contributed by atoms with van der Waals surface area (Å²) in [5.74, 6) is 0.0532. The number of aromatic nitrogens is 1. The van der Waals surface area contributed by atoms with Gasteiger partial charge in [-0.3, -0.25) is 23.2 Å². The quantitative estimate of drug-likeness (QED) is 0.128. The number of carbonyl (C=O) groups excluding carboxylic acids is 3. The molecule has 10 rings (SSSR count).